The molecule has 1 heterocycles. The van der Waals surface area contributed by atoms with Gasteiger partial charge in [-0.05, 0) is 28.1 Å². The summed E-state index contributed by atoms with van der Waals surface area (Å²) < 4.78 is 2.51. The van der Waals surface area contributed by atoms with Crippen LogP contribution < -0.4 is 0 Å². The Labute approximate surface area is 99.6 Å². The minimum absolute atomic E-state index is 0.521. The molecular formula is C9H5BrCl2N2. The molecule has 0 unspecified atom stereocenters. The summed E-state index contributed by atoms with van der Waals surface area (Å²) in [5.41, 5.74) is 0.809. The van der Waals surface area contributed by atoms with Gasteiger partial charge >= 0.3 is 0 Å². The van der Waals surface area contributed by atoms with E-state index in [4.69, 9.17) is 23.2 Å². The van der Waals surface area contributed by atoms with Crippen molar-refractivity contribution in [2.24, 2.45) is 0 Å². The fourth-order valence-electron chi connectivity index (χ4n) is 1.14. The molecule has 0 spiro atoms. The van der Waals surface area contributed by atoms with Crippen LogP contribution >= 0.6 is 39.1 Å². The molecule has 0 atom stereocenters. The van der Waals surface area contributed by atoms with Crippen molar-refractivity contribution in [1.82, 2.24) is 9.55 Å². The molecule has 14 heavy (non-hydrogen) atoms. The second kappa shape index (κ2) is 3.93. The van der Waals surface area contributed by atoms with Crippen LogP contribution in [-0.4, -0.2) is 9.55 Å². The molecule has 1 aromatic heterocycles. The van der Waals surface area contributed by atoms with Gasteiger partial charge in [0.2, 0.25) is 0 Å². The first-order chi connectivity index (χ1) is 6.70. The summed E-state index contributed by atoms with van der Waals surface area (Å²) >= 11 is 15.3. The van der Waals surface area contributed by atoms with E-state index in [1.807, 2.05) is 22.9 Å². The van der Waals surface area contributed by atoms with Crippen LogP contribution in [-0.2, 0) is 0 Å². The Hall–Kier alpha value is -0.510. The van der Waals surface area contributed by atoms with Crippen molar-refractivity contribution in [3.63, 3.8) is 0 Å². The number of halogens is 3. The van der Waals surface area contributed by atoms with Gasteiger partial charge in [0.25, 0.3) is 0 Å². The number of hydrogen-bond acceptors (Lipinski definition) is 1. The molecule has 0 fully saturated rings. The minimum atomic E-state index is 0.521. The van der Waals surface area contributed by atoms with Crippen molar-refractivity contribution in [1.29, 1.82) is 0 Å². The highest BCUT2D eigenvalue weighted by molar-refractivity contribution is 9.10. The van der Waals surface area contributed by atoms with Crippen LogP contribution in [0.5, 0.6) is 0 Å². The molecule has 0 aliphatic rings. The summed E-state index contributed by atoms with van der Waals surface area (Å²) in [6, 6.07) is 5.47. The molecule has 2 rings (SSSR count). The van der Waals surface area contributed by atoms with Crippen molar-refractivity contribution in [3.8, 4) is 5.69 Å². The van der Waals surface area contributed by atoms with E-state index in [1.165, 1.54) is 0 Å². The maximum atomic E-state index is 6.06. The summed E-state index contributed by atoms with van der Waals surface area (Å²) in [7, 11) is 0. The summed E-state index contributed by atoms with van der Waals surface area (Å²) in [6.45, 7) is 0. The van der Waals surface area contributed by atoms with E-state index >= 15 is 0 Å². The first-order valence-corrected chi connectivity index (χ1v) is 5.38. The zero-order valence-electron chi connectivity index (χ0n) is 6.92. The Morgan fingerprint density at radius 3 is 2.71 bits per heavy atom. The lowest BCUT2D eigenvalue weighted by atomic mass is 10.3. The lowest BCUT2D eigenvalue weighted by Crippen LogP contribution is -1.93. The SMILES string of the molecule is Clc1cccc(-n2ccnc2Br)c1Cl. The van der Waals surface area contributed by atoms with Crippen LogP contribution in [0, 0.1) is 0 Å². The van der Waals surface area contributed by atoms with Crippen LogP contribution in [0.2, 0.25) is 10.0 Å². The third-order valence-electron chi connectivity index (χ3n) is 1.79. The molecule has 0 amide bonds. The van der Waals surface area contributed by atoms with Gasteiger partial charge in [0.15, 0.2) is 4.73 Å². The van der Waals surface area contributed by atoms with Crippen LogP contribution in [0.25, 0.3) is 5.69 Å². The number of aromatic nitrogens is 2. The summed E-state index contributed by atoms with van der Waals surface area (Å²) in [6.07, 6.45) is 3.49. The van der Waals surface area contributed by atoms with Gasteiger partial charge in [0.1, 0.15) is 0 Å². The highest BCUT2D eigenvalue weighted by Gasteiger charge is 2.08. The molecule has 0 aliphatic heterocycles. The van der Waals surface area contributed by atoms with Crippen molar-refractivity contribution in [2.45, 2.75) is 0 Å². The van der Waals surface area contributed by atoms with Crippen LogP contribution in [0.4, 0.5) is 0 Å². The highest BCUT2D eigenvalue weighted by atomic mass is 79.9. The van der Waals surface area contributed by atoms with Crippen LogP contribution in [0.3, 0.4) is 0 Å². The molecule has 0 saturated heterocycles. The largest absolute Gasteiger partial charge is 0.293 e. The molecule has 5 heteroatoms. The second-order valence-electron chi connectivity index (χ2n) is 2.64. The maximum absolute atomic E-state index is 6.06. The molecular weight excluding hydrogens is 287 g/mol. The van der Waals surface area contributed by atoms with E-state index in [9.17, 15) is 0 Å². The predicted octanol–water partition coefficient (Wildman–Crippen LogP) is 3.94. The normalized spacial score (nSPS) is 10.5. The number of nitrogens with zero attached hydrogens (tertiary/aromatic N) is 2. The zero-order chi connectivity index (χ0) is 10.1. The average Bonchev–Trinajstić information content (AvgIpc) is 2.57. The molecule has 0 N–H and O–H groups in total. The van der Waals surface area contributed by atoms with Crippen LogP contribution in [0.1, 0.15) is 0 Å². The zero-order valence-corrected chi connectivity index (χ0v) is 10.0. The molecule has 0 bridgehead atoms. The molecule has 2 aromatic rings. The Bertz CT molecular complexity index is 468. The fraction of sp³-hybridized carbons (Fsp3) is 0. The van der Waals surface area contributed by atoms with Crippen molar-refractivity contribution < 1.29 is 0 Å². The van der Waals surface area contributed by atoms with E-state index in [1.54, 1.807) is 12.3 Å². The van der Waals surface area contributed by atoms with Crippen molar-refractivity contribution in [2.75, 3.05) is 0 Å². The third kappa shape index (κ3) is 1.67. The Balaban J connectivity index is 2.63. The van der Waals surface area contributed by atoms with E-state index in [-0.39, 0.29) is 0 Å². The topological polar surface area (TPSA) is 17.8 Å². The quantitative estimate of drug-likeness (QED) is 0.778. The van der Waals surface area contributed by atoms with Crippen LogP contribution in [0.15, 0.2) is 35.3 Å². The van der Waals surface area contributed by atoms with Gasteiger partial charge in [-0.25, -0.2) is 4.98 Å². The number of rotatable bonds is 1. The Morgan fingerprint density at radius 1 is 1.29 bits per heavy atom. The number of hydrogen-bond donors (Lipinski definition) is 0. The summed E-state index contributed by atoms with van der Waals surface area (Å²) in [5.74, 6) is 0. The standard InChI is InChI=1S/C9H5BrCl2N2/c10-9-13-4-5-14(9)7-3-1-2-6(11)8(7)12/h1-5H. The molecule has 2 nitrogen and oxygen atoms in total. The second-order valence-corrected chi connectivity index (χ2v) is 4.13. The van der Waals surface area contributed by atoms with Gasteiger partial charge in [-0.1, -0.05) is 29.3 Å². The maximum Gasteiger partial charge on any atom is 0.181 e. The van der Waals surface area contributed by atoms with E-state index in [2.05, 4.69) is 20.9 Å². The Kier molecular flexibility index (Phi) is 2.81. The molecule has 0 radical (unpaired) electrons. The van der Waals surface area contributed by atoms with Gasteiger partial charge in [-0.2, -0.15) is 0 Å². The molecule has 1 aromatic carbocycles. The summed E-state index contributed by atoms with van der Waals surface area (Å²) in [5, 5.41) is 1.05. The summed E-state index contributed by atoms with van der Waals surface area (Å²) in [4.78, 5) is 4.04. The number of imidazole rings is 1. The number of benzene rings is 1. The smallest absolute Gasteiger partial charge is 0.181 e. The van der Waals surface area contributed by atoms with Gasteiger partial charge in [0, 0.05) is 12.4 Å². The van der Waals surface area contributed by atoms with Gasteiger partial charge in [0.05, 0.1) is 15.7 Å². The molecule has 72 valence electrons. The van der Waals surface area contributed by atoms with E-state index in [0.29, 0.717) is 14.8 Å². The van der Waals surface area contributed by atoms with Gasteiger partial charge in [-0.15, -0.1) is 0 Å². The lowest BCUT2D eigenvalue weighted by Gasteiger charge is -2.07. The Morgan fingerprint density at radius 2 is 2.07 bits per heavy atom. The molecule has 0 aliphatic carbocycles. The first-order valence-electron chi connectivity index (χ1n) is 3.83. The highest BCUT2D eigenvalue weighted by Crippen LogP contribution is 2.29. The first kappa shape index (κ1) is 10.0. The van der Waals surface area contributed by atoms with Gasteiger partial charge < -0.3 is 0 Å². The van der Waals surface area contributed by atoms with E-state index < -0.39 is 0 Å². The van der Waals surface area contributed by atoms with Crippen molar-refractivity contribution >= 4 is 39.1 Å². The van der Waals surface area contributed by atoms with E-state index in [0.717, 1.165) is 5.69 Å². The van der Waals surface area contributed by atoms with Gasteiger partial charge in [-0.3, -0.25) is 4.57 Å². The molecule has 0 saturated carbocycles. The lowest BCUT2D eigenvalue weighted by molar-refractivity contribution is 1.01. The minimum Gasteiger partial charge on any atom is -0.293 e. The monoisotopic (exact) mass is 290 g/mol. The average molecular weight is 292 g/mol. The fourth-order valence-corrected chi connectivity index (χ4v) is 1.96. The predicted molar refractivity (Wildman–Crippen MR) is 61.3 cm³/mol. The third-order valence-corrected chi connectivity index (χ3v) is 3.18. The van der Waals surface area contributed by atoms with Crippen molar-refractivity contribution in [3.05, 3.63) is 45.4 Å².